The molecule has 0 aromatic carbocycles. The molecule has 0 bridgehead atoms. The molecule has 0 atom stereocenters. The van der Waals surface area contributed by atoms with E-state index < -0.39 is 10.0 Å². The first-order valence-corrected chi connectivity index (χ1v) is 7.84. The Morgan fingerprint density at radius 1 is 1.53 bits per heavy atom. The van der Waals surface area contributed by atoms with E-state index in [2.05, 4.69) is 4.72 Å². The molecule has 0 aliphatic heterocycles. The van der Waals surface area contributed by atoms with Crippen LogP contribution >= 0.6 is 0 Å². The minimum Gasteiger partial charge on any atom is -0.390 e. The maximum Gasteiger partial charge on any atom is 0.242 e. The smallest absolute Gasteiger partial charge is 0.242 e. The molecule has 1 heterocycles. The van der Waals surface area contributed by atoms with E-state index in [1.807, 2.05) is 6.92 Å². The highest BCUT2D eigenvalue weighted by Crippen LogP contribution is 2.25. The van der Waals surface area contributed by atoms with Crippen molar-refractivity contribution in [1.82, 2.24) is 9.29 Å². The maximum absolute atomic E-state index is 12.1. The number of sulfonamides is 1. The maximum atomic E-state index is 12.1. The molecule has 7 heteroatoms. The molecule has 1 aromatic heterocycles. The summed E-state index contributed by atoms with van der Waals surface area (Å²) in [5.74, 6) is 0. The van der Waals surface area contributed by atoms with Crippen LogP contribution in [-0.4, -0.2) is 36.8 Å². The molecule has 2 rings (SSSR count). The molecule has 0 radical (unpaired) electrons. The monoisotopic (exact) mass is 288 g/mol. The van der Waals surface area contributed by atoms with Crippen molar-refractivity contribution in [3.63, 3.8) is 0 Å². The summed E-state index contributed by atoms with van der Waals surface area (Å²) in [4.78, 5) is 0.193. The second-order valence-corrected chi connectivity index (χ2v) is 6.52. The van der Waals surface area contributed by atoms with Crippen LogP contribution in [0.5, 0.6) is 0 Å². The molecule has 1 aromatic rings. The van der Waals surface area contributed by atoms with Crippen LogP contribution in [0.15, 0.2) is 17.2 Å². The Kier molecular flexibility index (Phi) is 4.29. The molecule has 1 aliphatic rings. The first-order valence-electron chi connectivity index (χ1n) is 6.36. The predicted molar refractivity (Wildman–Crippen MR) is 70.1 cm³/mol. The zero-order valence-corrected chi connectivity index (χ0v) is 12.0. The number of aliphatic hydroxyl groups excluding tert-OH is 1. The SMILES string of the molecule is CCOC1CC(NS(=O)(=O)c2cc(CO)n(C)c2)C1. The van der Waals surface area contributed by atoms with Gasteiger partial charge in [0.05, 0.1) is 17.6 Å². The second kappa shape index (κ2) is 5.62. The minimum absolute atomic E-state index is 0.0562. The molecule has 0 amide bonds. The van der Waals surface area contributed by atoms with Gasteiger partial charge in [0.15, 0.2) is 0 Å². The molecular formula is C12H20N2O4S. The fraction of sp³-hybridized carbons (Fsp3) is 0.667. The number of rotatable bonds is 6. The highest BCUT2D eigenvalue weighted by Gasteiger charge is 2.33. The Bertz CT molecular complexity index is 532. The normalized spacial score (nSPS) is 23.3. The summed E-state index contributed by atoms with van der Waals surface area (Å²) < 4.78 is 33.9. The average Bonchev–Trinajstić information content (AvgIpc) is 2.68. The third kappa shape index (κ3) is 3.17. The van der Waals surface area contributed by atoms with Gasteiger partial charge >= 0.3 is 0 Å². The highest BCUT2D eigenvalue weighted by atomic mass is 32.2. The van der Waals surface area contributed by atoms with Crippen molar-refractivity contribution in [1.29, 1.82) is 0 Å². The summed E-state index contributed by atoms with van der Waals surface area (Å²) in [7, 11) is -1.80. The van der Waals surface area contributed by atoms with E-state index in [4.69, 9.17) is 9.84 Å². The number of aliphatic hydroxyl groups is 1. The van der Waals surface area contributed by atoms with Crippen LogP contribution in [0.25, 0.3) is 0 Å². The first-order chi connectivity index (χ1) is 8.96. The van der Waals surface area contributed by atoms with E-state index in [1.165, 1.54) is 12.3 Å². The number of hydrogen-bond acceptors (Lipinski definition) is 4. The fourth-order valence-electron chi connectivity index (χ4n) is 2.20. The highest BCUT2D eigenvalue weighted by molar-refractivity contribution is 7.89. The third-order valence-electron chi connectivity index (χ3n) is 3.37. The second-order valence-electron chi connectivity index (χ2n) is 4.80. The van der Waals surface area contributed by atoms with Gasteiger partial charge in [-0.3, -0.25) is 0 Å². The van der Waals surface area contributed by atoms with Gasteiger partial charge < -0.3 is 14.4 Å². The Balaban J connectivity index is 1.99. The summed E-state index contributed by atoms with van der Waals surface area (Å²) in [6.45, 7) is 2.41. The van der Waals surface area contributed by atoms with Crippen LogP contribution in [0.2, 0.25) is 0 Å². The summed E-state index contributed by atoms with van der Waals surface area (Å²) in [6, 6.07) is 1.43. The van der Waals surface area contributed by atoms with E-state index >= 15 is 0 Å². The van der Waals surface area contributed by atoms with E-state index in [-0.39, 0.29) is 23.6 Å². The van der Waals surface area contributed by atoms with Gasteiger partial charge in [-0.15, -0.1) is 0 Å². The number of aryl methyl sites for hydroxylation is 1. The van der Waals surface area contributed by atoms with Crippen molar-refractivity contribution in [3.05, 3.63) is 18.0 Å². The van der Waals surface area contributed by atoms with Gasteiger partial charge in [0.25, 0.3) is 0 Å². The van der Waals surface area contributed by atoms with Gasteiger partial charge in [0, 0.05) is 31.6 Å². The number of ether oxygens (including phenoxy) is 1. The van der Waals surface area contributed by atoms with Crippen LogP contribution in [0.1, 0.15) is 25.5 Å². The standard InChI is InChI=1S/C12H20N2O4S/c1-3-18-11-4-9(5-11)13-19(16,17)12-6-10(8-15)14(2)7-12/h6-7,9,11,13,15H,3-5,8H2,1-2H3. The molecular weight excluding hydrogens is 268 g/mol. The number of nitrogens with zero attached hydrogens (tertiary/aromatic N) is 1. The lowest BCUT2D eigenvalue weighted by molar-refractivity contribution is -0.00475. The average molecular weight is 288 g/mol. The van der Waals surface area contributed by atoms with Crippen molar-refractivity contribution in [2.45, 2.75) is 43.4 Å². The Hall–Kier alpha value is -0.890. The summed E-state index contributed by atoms with van der Waals surface area (Å²) in [6.07, 6.45) is 3.10. The lowest BCUT2D eigenvalue weighted by Crippen LogP contribution is -2.47. The van der Waals surface area contributed by atoms with Crippen LogP contribution in [0.4, 0.5) is 0 Å². The minimum atomic E-state index is -3.51. The Morgan fingerprint density at radius 3 is 2.74 bits per heavy atom. The van der Waals surface area contributed by atoms with Gasteiger partial charge in [0.1, 0.15) is 0 Å². The van der Waals surface area contributed by atoms with E-state index in [0.717, 1.165) is 0 Å². The van der Waals surface area contributed by atoms with Gasteiger partial charge in [0.2, 0.25) is 10.0 Å². The first kappa shape index (κ1) is 14.5. The molecule has 1 saturated carbocycles. The fourth-order valence-corrected chi connectivity index (χ4v) is 3.56. The Morgan fingerprint density at radius 2 is 2.21 bits per heavy atom. The molecule has 2 N–H and O–H groups in total. The van der Waals surface area contributed by atoms with Crippen LogP contribution in [-0.2, 0) is 28.4 Å². The van der Waals surface area contributed by atoms with Crippen molar-refractivity contribution in [2.75, 3.05) is 6.61 Å². The largest absolute Gasteiger partial charge is 0.390 e. The van der Waals surface area contributed by atoms with Gasteiger partial charge in [-0.2, -0.15) is 0 Å². The summed E-state index contributed by atoms with van der Waals surface area (Å²) >= 11 is 0. The molecule has 0 spiro atoms. The van der Waals surface area contributed by atoms with Crippen LogP contribution in [0, 0.1) is 0 Å². The lowest BCUT2D eigenvalue weighted by atomic mass is 9.90. The number of hydrogen-bond donors (Lipinski definition) is 2. The van der Waals surface area contributed by atoms with Gasteiger partial charge in [-0.25, -0.2) is 13.1 Å². The number of nitrogens with one attached hydrogen (secondary N) is 1. The van der Waals surface area contributed by atoms with Crippen molar-refractivity contribution < 1.29 is 18.3 Å². The molecule has 108 valence electrons. The van der Waals surface area contributed by atoms with E-state index in [1.54, 1.807) is 11.6 Å². The topological polar surface area (TPSA) is 80.6 Å². The molecule has 0 saturated heterocycles. The quantitative estimate of drug-likeness (QED) is 0.792. The van der Waals surface area contributed by atoms with Crippen molar-refractivity contribution in [3.8, 4) is 0 Å². The predicted octanol–water partition coefficient (Wildman–Crippen LogP) is 0.363. The van der Waals surface area contributed by atoms with E-state index in [0.29, 0.717) is 25.1 Å². The van der Waals surface area contributed by atoms with Gasteiger partial charge in [-0.1, -0.05) is 0 Å². The summed E-state index contributed by atoms with van der Waals surface area (Å²) in [5.41, 5.74) is 0.571. The molecule has 1 fully saturated rings. The zero-order valence-electron chi connectivity index (χ0n) is 11.2. The molecule has 19 heavy (non-hydrogen) atoms. The zero-order chi connectivity index (χ0) is 14.0. The van der Waals surface area contributed by atoms with Crippen LogP contribution in [0.3, 0.4) is 0 Å². The molecule has 6 nitrogen and oxygen atoms in total. The lowest BCUT2D eigenvalue weighted by Gasteiger charge is -2.34. The van der Waals surface area contributed by atoms with E-state index in [9.17, 15) is 8.42 Å². The van der Waals surface area contributed by atoms with Crippen LogP contribution < -0.4 is 4.72 Å². The summed E-state index contributed by atoms with van der Waals surface area (Å²) in [5, 5.41) is 9.08. The van der Waals surface area contributed by atoms with Crippen molar-refractivity contribution in [2.24, 2.45) is 7.05 Å². The van der Waals surface area contributed by atoms with Gasteiger partial charge in [-0.05, 0) is 25.8 Å². The third-order valence-corrected chi connectivity index (χ3v) is 4.86. The van der Waals surface area contributed by atoms with Crippen molar-refractivity contribution >= 4 is 10.0 Å². The Labute approximate surface area is 113 Å². The number of aromatic nitrogens is 1. The molecule has 0 unspecified atom stereocenters. The molecule has 1 aliphatic carbocycles.